The molecule has 0 spiro atoms. The molecular weight excluding hydrogens is 526 g/mol. The third kappa shape index (κ3) is 5.77. The highest BCUT2D eigenvalue weighted by Gasteiger charge is 2.29. The number of carbonyl (C=O) groups excluding carboxylic acids is 2. The molecule has 9 nitrogen and oxygen atoms in total. The molecule has 5 rings (SSSR count). The Labute approximate surface area is 237 Å². The van der Waals surface area contributed by atoms with E-state index in [1.54, 1.807) is 18.2 Å². The van der Waals surface area contributed by atoms with Crippen molar-refractivity contribution >= 4 is 39.5 Å². The lowest BCUT2D eigenvalue weighted by atomic mass is 9.94. The third-order valence-electron chi connectivity index (χ3n) is 7.48. The molecule has 0 bridgehead atoms. The molecule has 1 heterocycles. The van der Waals surface area contributed by atoms with E-state index in [2.05, 4.69) is 19.1 Å². The molecule has 0 fully saturated rings. The number of aldehydes is 1. The minimum absolute atomic E-state index is 0.0318. The van der Waals surface area contributed by atoms with Gasteiger partial charge in [0, 0.05) is 22.6 Å². The summed E-state index contributed by atoms with van der Waals surface area (Å²) < 4.78 is 23.0. The molecule has 41 heavy (non-hydrogen) atoms. The first kappa shape index (κ1) is 28.2. The van der Waals surface area contributed by atoms with E-state index in [0.29, 0.717) is 51.8 Å². The molecule has 0 saturated carbocycles. The number of hydrogen-bond donors (Lipinski definition) is 2. The van der Waals surface area contributed by atoms with Crippen molar-refractivity contribution in [3.63, 3.8) is 0 Å². The molecule has 1 atom stereocenters. The monoisotopic (exact) mass is 559 g/mol. The van der Waals surface area contributed by atoms with Gasteiger partial charge in [0.05, 0.1) is 12.7 Å². The maximum Gasteiger partial charge on any atom is 0.339 e. The topological polar surface area (TPSA) is 115 Å². The van der Waals surface area contributed by atoms with Crippen molar-refractivity contribution in [2.24, 2.45) is 0 Å². The van der Waals surface area contributed by atoms with Gasteiger partial charge in [-0.25, -0.2) is 4.79 Å². The van der Waals surface area contributed by atoms with Crippen molar-refractivity contribution in [3.8, 4) is 17.2 Å². The highest BCUT2D eigenvalue weighted by Crippen LogP contribution is 2.49. The van der Waals surface area contributed by atoms with Crippen molar-refractivity contribution < 1.29 is 39.0 Å². The first-order chi connectivity index (χ1) is 19.8. The fourth-order valence-corrected chi connectivity index (χ4v) is 5.47. The van der Waals surface area contributed by atoms with Gasteiger partial charge in [0.2, 0.25) is 6.79 Å². The fourth-order valence-electron chi connectivity index (χ4n) is 5.47. The lowest BCUT2D eigenvalue weighted by Crippen LogP contribution is -2.19. The summed E-state index contributed by atoms with van der Waals surface area (Å²) >= 11 is 0. The highest BCUT2D eigenvalue weighted by atomic mass is 16.8. The Bertz CT molecular complexity index is 1600. The Balaban J connectivity index is 1.65. The summed E-state index contributed by atoms with van der Waals surface area (Å²) in [5.41, 5.74) is 2.85. The van der Waals surface area contributed by atoms with E-state index in [-0.39, 0.29) is 28.7 Å². The van der Waals surface area contributed by atoms with Gasteiger partial charge in [-0.3, -0.25) is 15.2 Å². The first-order valence-electron chi connectivity index (χ1n) is 13.5. The zero-order valence-electron chi connectivity index (χ0n) is 23.3. The molecule has 0 amide bonds. The lowest BCUT2D eigenvalue weighted by molar-refractivity contribution is -0.105. The van der Waals surface area contributed by atoms with Crippen molar-refractivity contribution in [2.75, 3.05) is 19.1 Å². The standard InChI is InChI=1S/C32H33NO8/c1-19-7-4-9-20(2)13-22(14-21(17-34)10-5-8-19)41-32(35)25-16-28-31(40-18-39-28)30-23-11-6-12-27(38-3)24(23)15-26(29(25)30)33(36)37/h6,8-9,11-12,14-17,22,36-37H,4-5,7,10,13,18H2,1-3H3/b19-8-,20-9+,21-14+/t22-/m1/s1. The number of nitrogens with zero attached hydrogens (tertiary/aromatic N) is 1. The van der Waals surface area contributed by atoms with Gasteiger partial charge in [0.1, 0.15) is 23.8 Å². The van der Waals surface area contributed by atoms with Crippen LogP contribution in [0, 0.1) is 0 Å². The third-order valence-corrected chi connectivity index (χ3v) is 7.48. The van der Waals surface area contributed by atoms with E-state index in [1.165, 1.54) is 24.8 Å². The molecule has 2 N–H and O–H groups in total. The van der Waals surface area contributed by atoms with E-state index < -0.39 is 12.1 Å². The van der Waals surface area contributed by atoms with Crippen molar-refractivity contribution in [2.45, 2.75) is 52.1 Å². The van der Waals surface area contributed by atoms with Crippen molar-refractivity contribution in [3.05, 3.63) is 70.8 Å². The summed E-state index contributed by atoms with van der Waals surface area (Å²) in [6.45, 7) is 4.00. The molecule has 1 aliphatic heterocycles. The molecule has 214 valence electrons. The SMILES string of the molecule is COc1cccc2c1cc(N(O)O)c1c(C(=O)O[C@H]3/C=C(/C=O)CC/C=C(/C)CC/C=C(\C)C3)cc3c(c12)OCO3. The van der Waals surface area contributed by atoms with Crippen LogP contribution in [-0.2, 0) is 9.53 Å². The molecule has 9 heteroatoms. The van der Waals surface area contributed by atoms with Crippen LogP contribution in [0.15, 0.2) is 65.3 Å². The predicted molar refractivity (Wildman–Crippen MR) is 154 cm³/mol. The maximum absolute atomic E-state index is 13.9. The van der Waals surface area contributed by atoms with Crippen LogP contribution in [0.1, 0.15) is 56.3 Å². The number of esters is 1. The number of benzene rings is 3. The average molecular weight is 560 g/mol. The van der Waals surface area contributed by atoms with Gasteiger partial charge in [-0.2, -0.15) is 0 Å². The summed E-state index contributed by atoms with van der Waals surface area (Å²) in [7, 11) is 1.52. The van der Waals surface area contributed by atoms with Gasteiger partial charge in [-0.15, -0.1) is 5.23 Å². The maximum atomic E-state index is 13.9. The van der Waals surface area contributed by atoms with Crippen LogP contribution in [0.4, 0.5) is 5.69 Å². The quantitative estimate of drug-likeness (QED) is 0.114. The minimum Gasteiger partial charge on any atom is -0.496 e. The van der Waals surface area contributed by atoms with E-state index in [9.17, 15) is 20.0 Å². The molecule has 3 aromatic carbocycles. The van der Waals surface area contributed by atoms with Crippen LogP contribution in [0.25, 0.3) is 21.5 Å². The Hall–Kier alpha value is -4.34. The Kier molecular flexibility index (Phi) is 8.28. The Morgan fingerprint density at radius 1 is 1.02 bits per heavy atom. The van der Waals surface area contributed by atoms with Gasteiger partial charge >= 0.3 is 5.97 Å². The van der Waals surface area contributed by atoms with Gasteiger partial charge < -0.3 is 18.9 Å². The van der Waals surface area contributed by atoms with Gasteiger partial charge in [-0.1, -0.05) is 35.4 Å². The Morgan fingerprint density at radius 2 is 1.80 bits per heavy atom. The predicted octanol–water partition coefficient (Wildman–Crippen LogP) is 6.82. The molecule has 0 radical (unpaired) electrons. The molecule has 3 aromatic rings. The van der Waals surface area contributed by atoms with Gasteiger partial charge in [0.15, 0.2) is 11.5 Å². The number of carbonyl (C=O) groups is 2. The van der Waals surface area contributed by atoms with E-state index >= 15 is 0 Å². The van der Waals surface area contributed by atoms with Crippen LogP contribution < -0.4 is 19.4 Å². The summed E-state index contributed by atoms with van der Waals surface area (Å²) in [5, 5.41) is 22.4. The van der Waals surface area contributed by atoms with Crippen LogP contribution in [0.2, 0.25) is 0 Å². The largest absolute Gasteiger partial charge is 0.496 e. The van der Waals surface area contributed by atoms with Gasteiger partial charge in [0.25, 0.3) is 0 Å². The van der Waals surface area contributed by atoms with Crippen molar-refractivity contribution in [1.82, 2.24) is 0 Å². The number of rotatable bonds is 5. The zero-order chi connectivity index (χ0) is 29.1. The second-order valence-electron chi connectivity index (χ2n) is 10.3. The van der Waals surface area contributed by atoms with Crippen LogP contribution in [-0.4, -0.2) is 42.7 Å². The number of methoxy groups -OCH3 is 1. The summed E-state index contributed by atoms with van der Waals surface area (Å²) in [5.74, 6) is 0.491. The minimum atomic E-state index is -0.715. The molecule has 0 saturated heterocycles. The number of hydrogen-bond acceptors (Lipinski definition) is 9. The number of anilines is 1. The normalized spacial score (nSPS) is 21.4. The number of fused-ring (bicyclic) bond motifs is 5. The van der Waals surface area contributed by atoms with Crippen molar-refractivity contribution in [1.29, 1.82) is 0 Å². The van der Waals surface area contributed by atoms with Crippen LogP contribution in [0.3, 0.4) is 0 Å². The van der Waals surface area contributed by atoms with E-state index in [0.717, 1.165) is 31.1 Å². The number of ether oxygens (including phenoxy) is 4. The second-order valence-corrected chi connectivity index (χ2v) is 10.3. The molecule has 1 aliphatic carbocycles. The Morgan fingerprint density at radius 3 is 2.56 bits per heavy atom. The molecule has 2 aliphatic rings. The second kappa shape index (κ2) is 12.0. The number of allylic oxidation sites excluding steroid dienone is 4. The van der Waals surface area contributed by atoms with Crippen LogP contribution >= 0.6 is 0 Å². The van der Waals surface area contributed by atoms with Crippen LogP contribution in [0.5, 0.6) is 17.2 Å². The lowest BCUT2D eigenvalue weighted by Gasteiger charge is -2.21. The van der Waals surface area contributed by atoms with Gasteiger partial charge in [-0.05, 0) is 74.8 Å². The molecular formula is C32H33NO8. The summed E-state index contributed by atoms with van der Waals surface area (Å²) in [6.07, 6.45) is 9.50. The first-order valence-corrected chi connectivity index (χ1v) is 13.5. The average Bonchev–Trinajstić information content (AvgIpc) is 3.43. The summed E-state index contributed by atoms with van der Waals surface area (Å²) in [6, 6.07) is 8.39. The highest BCUT2D eigenvalue weighted by molar-refractivity contribution is 6.23. The zero-order valence-corrected chi connectivity index (χ0v) is 23.3. The van der Waals surface area contributed by atoms with E-state index in [1.807, 2.05) is 13.0 Å². The molecule has 0 aromatic heterocycles. The van der Waals surface area contributed by atoms with E-state index in [4.69, 9.17) is 18.9 Å². The summed E-state index contributed by atoms with van der Waals surface area (Å²) in [4.78, 5) is 25.8. The smallest absolute Gasteiger partial charge is 0.339 e. The fraction of sp³-hybridized carbons (Fsp3) is 0.312. The molecule has 0 unspecified atom stereocenters.